The molecule has 0 aliphatic heterocycles. The van der Waals surface area contributed by atoms with Crippen molar-refractivity contribution in [2.24, 2.45) is 0 Å². The monoisotopic (exact) mass is 440 g/mol. The molecule has 0 bridgehead atoms. The Balaban J connectivity index is 1.46. The molecule has 0 radical (unpaired) electrons. The average Bonchev–Trinajstić information content (AvgIpc) is 3.31. The van der Waals surface area contributed by atoms with Gasteiger partial charge in [-0.2, -0.15) is 4.72 Å². The number of rotatable bonds is 6. The lowest BCUT2D eigenvalue weighted by molar-refractivity contribution is -0.117. The molecule has 0 saturated heterocycles. The van der Waals surface area contributed by atoms with Gasteiger partial charge in [0.2, 0.25) is 15.9 Å². The number of hydrogen-bond acceptors (Lipinski definition) is 7. The standard InChI is InChI=1S/C20H20N6O4S/c1-12-19(14(3)30-24-12)31(28,29)25-13(2)20(27)23-15-8-9-18(21-10-15)26-11-22-16-6-4-5-7-17(16)26/h4-11,13,25H,1-3H3,(H,23,27)/t13-/m0/s1. The number of nitrogens with one attached hydrogen (secondary N) is 2. The fraction of sp³-hybridized carbons (Fsp3) is 0.200. The molecule has 10 nitrogen and oxygen atoms in total. The molecule has 1 atom stereocenters. The summed E-state index contributed by atoms with van der Waals surface area (Å²) in [6.07, 6.45) is 3.17. The lowest BCUT2D eigenvalue weighted by Gasteiger charge is -2.14. The molecule has 11 heteroatoms. The van der Waals surface area contributed by atoms with E-state index >= 15 is 0 Å². The minimum absolute atomic E-state index is 0.0641. The van der Waals surface area contributed by atoms with Crippen molar-refractivity contribution in [1.82, 2.24) is 24.4 Å². The lowest BCUT2D eigenvalue weighted by atomic mass is 10.3. The highest BCUT2D eigenvalue weighted by molar-refractivity contribution is 7.89. The number of amides is 1. The number of sulfonamides is 1. The van der Waals surface area contributed by atoms with Crippen molar-refractivity contribution in [2.45, 2.75) is 31.7 Å². The minimum atomic E-state index is -3.96. The van der Waals surface area contributed by atoms with Crippen molar-refractivity contribution in [3.05, 3.63) is 60.4 Å². The van der Waals surface area contributed by atoms with Crippen molar-refractivity contribution in [3.63, 3.8) is 0 Å². The van der Waals surface area contributed by atoms with E-state index < -0.39 is 22.0 Å². The van der Waals surface area contributed by atoms with E-state index in [1.54, 1.807) is 18.5 Å². The highest BCUT2D eigenvalue weighted by Crippen LogP contribution is 2.20. The molecule has 4 aromatic rings. The topological polar surface area (TPSA) is 132 Å². The second-order valence-corrected chi connectivity index (χ2v) is 8.64. The number of aromatic nitrogens is 4. The summed E-state index contributed by atoms with van der Waals surface area (Å²) in [6, 6.07) is 10.1. The largest absolute Gasteiger partial charge is 0.360 e. The first kappa shape index (κ1) is 20.7. The summed E-state index contributed by atoms with van der Waals surface area (Å²) < 4.78 is 34.2. The van der Waals surface area contributed by atoms with Gasteiger partial charge in [-0.3, -0.25) is 9.36 Å². The quantitative estimate of drug-likeness (QED) is 0.470. The van der Waals surface area contributed by atoms with Gasteiger partial charge in [-0.15, -0.1) is 0 Å². The molecule has 0 fully saturated rings. The van der Waals surface area contributed by atoms with Gasteiger partial charge in [0.05, 0.1) is 29.0 Å². The molecule has 160 valence electrons. The highest BCUT2D eigenvalue weighted by Gasteiger charge is 2.28. The van der Waals surface area contributed by atoms with Crippen LogP contribution in [0, 0.1) is 13.8 Å². The number of hydrogen-bond donors (Lipinski definition) is 2. The Morgan fingerprint density at radius 1 is 1.13 bits per heavy atom. The Morgan fingerprint density at radius 2 is 1.90 bits per heavy atom. The van der Waals surface area contributed by atoms with Gasteiger partial charge in [0, 0.05) is 0 Å². The number of carbonyl (C=O) groups excluding carboxylic acids is 1. The number of imidazole rings is 1. The summed E-state index contributed by atoms with van der Waals surface area (Å²) in [6.45, 7) is 4.47. The van der Waals surface area contributed by atoms with Crippen LogP contribution in [0.5, 0.6) is 0 Å². The second kappa shape index (κ2) is 7.93. The minimum Gasteiger partial charge on any atom is -0.360 e. The van der Waals surface area contributed by atoms with Crippen LogP contribution in [-0.4, -0.2) is 40.1 Å². The molecular formula is C20H20N6O4S. The summed E-state index contributed by atoms with van der Waals surface area (Å²) in [5.41, 5.74) is 2.42. The van der Waals surface area contributed by atoms with Gasteiger partial charge in [0.25, 0.3) is 0 Å². The van der Waals surface area contributed by atoms with Gasteiger partial charge in [0.15, 0.2) is 5.76 Å². The second-order valence-electron chi connectivity index (χ2n) is 6.99. The number of anilines is 1. The Morgan fingerprint density at radius 3 is 2.58 bits per heavy atom. The fourth-order valence-corrected chi connectivity index (χ4v) is 4.73. The zero-order valence-corrected chi connectivity index (χ0v) is 17.8. The van der Waals surface area contributed by atoms with Crippen LogP contribution in [-0.2, 0) is 14.8 Å². The molecule has 0 spiro atoms. The van der Waals surface area contributed by atoms with Crippen LogP contribution in [0.1, 0.15) is 18.4 Å². The highest BCUT2D eigenvalue weighted by atomic mass is 32.2. The van der Waals surface area contributed by atoms with E-state index in [1.807, 2.05) is 28.8 Å². The Kier molecular flexibility index (Phi) is 5.29. The van der Waals surface area contributed by atoms with Crippen molar-refractivity contribution in [3.8, 4) is 5.82 Å². The van der Waals surface area contributed by atoms with Crippen molar-refractivity contribution in [1.29, 1.82) is 0 Å². The normalized spacial score (nSPS) is 12.7. The fourth-order valence-electron chi connectivity index (χ4n) is 3.20. The maximum absolute atomic E-state index is 12.6. The zero-order valence-electron chi connectivity index (χ0n) is 17.0. The van der Waals surface area contributed by atoms with E-state index in [2.05, 4.69) is 25.2 Å². The third kappa shape index (κ3) is 4.05. The molecule has 31 heavy (non-hydrogen) atoms. The molecule has 2 N–H and O–H groups in total. The molecule has 0 saturated carbocycles. The SMILES string of the molecule is Cc1noc(C)c1S(=O)(=O)N[C@@H](C)C(=O)Nc1ccc(-n2cnc3ccccc32)nc1. The molecular weight excluding hydrogens is 420 g/mol. The maximum Gasteiger partial charge on any atom is 0.246 e. The van der Waals surface area contributed by atoms with E-state index in [-0.39, 0.29) is 16.3 Å². The number of aryl methyl sites for hydroxylation is 2. The number of fused-ring (bicyclic) bond motifs is 1. The Hall–Kier alpha value is -3.57. The predicted molar refractivity (Wildman–Crippen MR) is 113 cm³/mol. The third-order valence-electron chi connectivity index (χ3n) is 4.68. The van der Waals surface area contributed by atoms with Crippen LogP contribution in [0.3, 0.4) is 0 Å². The Bertz CT molecular complexity index is 1340. The molecule has 3 heterocycles. The van der Waals surface area contributed by atoms with Gasteiger partial charge in [-0.25, -0.2) is 18.4 Å². The first-order valence-corrected chi connectivity index (χ1v) is 10.9. The first-order chi connectivity index (χ1) is 14.8. The molecule has 0 aliphatic rings. The van der Waals surface area contributed by atoms with E-state index in [0.29, 0.717) is 11.5 Å². The van der Waals surface area contributed by atoms with E-state index in [9.17, 15) is 13.2 Å². The van der Waals surface area contributed by atoms with Gasteiger partial charge >= 0.3 is 0 Å². The van der Waals surface area contributed by atoms with Gasteiger partial charge in [-0.05, 0) is 45.0 Å². The third-order valence-corrected chi connectivity index (χ3v) is 6.46. The zero-order chi connectivity index (χ0) is 22.2. The summed E-state index contributed by atoms with van der Waals surface area (Å²) in [5, 5.41) is 6.30. The van der Waals surface area contributed by atoms with Crippen LogP contribution < -0.4 is 10.0 Å². The molecule has 0 aliphatic carbocycles. The molecule has 4 rings (SSSR count). The first-order valence-electron chi connectivity index (χ1n) is 9.41. The van der Waals surface area contributed by atoms with Gasteiger partial charge in [0.1, 0.15) is 22.7 Å². The lowest BCUT2D eigenvalue weighted by Crippen LogP contribution is -2.41. The summed E-state index contributed by atoms with van der Waals surface area (Å²) >= 11 is 0. The summed E-state index contributed by atoms with van der Waals surface area (Å²) in [4.78, 5) is 21.1. The molecule has 1 aromatic carbocycles. The van der Waals surface area contributed by atoms with Crippen LogP contribution in [0.4, 0.5) is 5.69 Å². The number of carbonyl (C=O) groups is 1. The van der Waals surface area contributed by atoms with Crippen LogP contribution in [0.25, 0.3) is 16.9 Å². The summed E-state index contributed by atoms with van der Waals surface area (Å²) in [7, 11) is -3.96. The number of benzene rings is 1. The molecule has 0 unspecified atom stereocenters. The maximum atomic E-state index is 12.6. The smallest absolute Gasteiger partial charge is 0.246 e. The van der Waals surface area contributed by atoms with E-state index in [4.69, 9.17) is 4.52 Å². The molecule has 3 aromatic heterocycles. The van der Waals surface area contributed by atoms with Crippen LogP contribution in [0.15, 0.2) is 58.3 Å². The van der Waals surface area contributed by atoms with Crippen LogP contribution in [0.2, 0.25) is 0 Å². The summed E-state index contributed by atoms with van der Waals surface area (Å²) in [5.74, 6) is 0.265. The van der Waals surface area contributed by atoms with Gasteiger partial charge < -0.3 is 9.84 Å². The van der Waals surface area contributed by atoms with Crippen molar-refractivity contribution in [2.75, 3.05) is 5.32 Å². The average molecular weight is 440 g/mol. The molecule has 1 amide bonds. The van der Waals surface area contributed by atoms with Crippen LogP contribution >= 0.6 is 0 Å². The number of nitrogens with zero attached hydrogens (tertiary/aromatic N) is 4. The van der Waals surface area contributed by atoms with E-state index in [0.717, 1.165) is 11.0 Å². The Labute approximate surface area is 178 Å². The number of pyridine rings is 1. The number of para-hydroxylation sites is 2. The van der Waals surface area contributed by atoms with Crippen molar-refractivity contribution < 1.29 is 17.7 Å². The van der Waals surface area contributed by atoms with E-state index in [1.165, 1.54) is 27.0 Å². The van der Waals surface area contributed by atoms with Crippen molar-refractivity contribution >= 4 is 32.7 Å². The van der Waals surface area contributed by atoms with Gasteiger partial charge in [-0.1, -0.05) is 17.3 Å². The predicted octanol–water partition coefficient (Wildman–Crippen LogP) is 2.33.